The number of unbranched alkanes of at least 4 members (excludes halogenated alkanes) is 2. The molecule has 0 radical (unpaired) electrons. The first-order valence-electron chi connectivity index (χ1n) is 5.24. The second-order valence-electron chi connectivity index (χ2n) is 3.44. The molecule has 0 aliphatic heterocycles. The number of rotatable bonds is 8. The minimum Gasteiger partial charge on any atom is -0.300 e. The van der Waals surface area contributed by atoms with Crippen LogP contribution in [0.3, 0.4) is 0 Å². The van der Waals surface area contributed by atoms with Crippen molar-refractivity contribution in [1.29, 1.82) is 0 Å². The fraction of sp³-hybridized carbons (Fsp3) is 0.900. The van der Waals surface area contributed by atoms with Gasteiger partial charge in [0.05, 0.1) is 5.75 Å². The Labute approximate surface area is 86.8 Å². The van der Waals surface area contributed by atoms with Gasteiger partial charge in [-0.15, -0.1) is 0 Å². The number of Topliss-reactive ketones (excluding diaryl/α,β-unsaturated/α-hetero) is 1. The number of carbonyl (C=O) groups excluding carboxylic acids is 1. The first-order chi connectivity index (χ1) is 6.52. The van der Waals surface area contributed by atoms with E-state index in [1.54, 1.807) is 6.92 Å². The van der Waals surface area contributed by atoms with Gasteiger partial charge in [-0.2, -0.15) is 0 Å². The van der Waals surface area contributed by atoms with Crippen molar-refractivity contribution in [2.45, 2.75) is 46.0 Å². The molecule has 0 atom stereocenters. The fourth-order valence-corrected chi connectivity index (χ4v) is 2.07. The van der Waals surface area contributed by atoms with E-state index in [0.717, 1.165) is 12.8 Å². The lowest BCUT2D eigenvalue weighted by atomic mass is 10.1. The van der Waals surface area contributed by atoms with Crippen molar-refractivity contribution < 1.29 is 13.2 Å². The molecule has 0 saturated carbocycles. The largest absolute Gasteiger partial charge is 0.300 e. The standard InChI is InChI=1S/C10H20O3S/c1-3-10(11)8-6-5-7-9-14(12,13)4-2/h3-9H2,1-2H3. The lowest BCUT2D eigenvalue weighted by molar-refractivity contribution is -0.118. The molecule has 14 heavy (non-hydrogen) atoms. The molecule has 0 N–H and O–H groups in total. The van der Waals surface area contributed by atoms with Gasteiger partial charge in [0.25, 0.3) is 0 Å². The third kappa shape index (κ3) is 7.06. The molecule has 0 saturated heterocycles. The second-order valence-corrected chi connectivity index (χ2v) is 5.91. The first-order valence-corrected chi connectivity index (χ1v) is 7.06. The van der Waals surface area contributed by atoms with Crippen LogP contribution in [0.15, 0.2) is 0 Å². The van der Waals surface area contributed by atoms with E-state index < -0.39 is 9.84 Å². The number of sulfone groups is 1. The Morgan fingerprint density at radius 3 is 2.21 bits per heavy atom. The van der Waals surface area contributed by atoms with E-state index in [0.29, 0.717) is 19.3 Å². The van der Waals surface area contributed by atoms with Crippen molar-refractivity contribution in [2.24, 2.45) is 0 Å². The summed E-state index contributed by atoms with van der Waals surface area (Å²) in [5, 5.41) is 0. The summed E-state index contributed by atoms with van der Waals surface area (Å²) in [6, 6.07) is 0. The van der Waals surface area contributed by atoms with Gasteiger partial charge < -0.3 is 0 Å². The Hall–Kier alpha value is -0.380. The Morgan fingerprint density at radius 1 is 1.07 bits per heavy atom. The van der Waals surface area contributed by atoms with E-state index in [-0.39, 0.29) is 17.3 Å². The minimum atomic E-state index is -2.81. The van der Waals surface area contributed by atoms with Crippen molar-refractivity contribution in [3.63, 3.8) is 0 Å². The van der Waals surface area contributed by atoms with E-state index in [1.165, 1.54) is 0 Å². The normalized spacial score (nSPS) is 11.6. The molecule has 4 heteroatoms. The van der Waals surface area contributed by atoms with E-state index in [9.17, 15) is 13.2 Å². The van der Waals surface area contributed by atoms with Crippen molar-refractivity contribution in [3.8, 4) is 0 Å². The van der Waals surface area contributed by atoms with Crippen LogP contribution in [-0.4, -0.2) is 25.7 Å². The third-order valence-electron chi connectivity index (χ3n) is 2.25. The van der Waals surface area contributed by atoms with Crippen LogP contribution in [0.25, 0.3) is 0 Å². The number of ketones is 1. The van der Waals surface area contributed by atoms with Crippen molar-refractivity contribution >= 4 is 15.6 Å². The Bertz CT molecular complexity index is 255. The SMILES string of the molecule is CCC(=O)CCCCCS(=O)(=O)CC. The molecule has 0 unspecified atom stereocenters. The summed E-state index contributed by atoms with van der Waals surface area (Å²) in [7, 11) is -2.81. The van der Waals surface area contributed by atoms with Crippen molar-refractivity contribution in [1.82, 2.24) is 0 Å². The first kappa shape index (κ1) is 13.6. The molecule has 0 aromatic heterocycles. The molecule has 0 fully saturated rings. The zero-order valence-corrected chi connectivity index (χ0v) is 9.90. The van der Waals surface area contributed by atoms with E-state index in [1.807, 2.05) is 6.92 Å². The molecule has 0 bridgehead atoms. The Kier molecular flexibility index (Phi) is 6.79. The smallest absolute Gasteiger partial charge is 0.150 e. The summed E-state index contributed by atoms with van der Waals surface area (Å²) in [5.74, 6) is 0.758. The van der Waals surface area contributed by atoms with Gasteiger partial charge in [0, 0.05) is 18.6 Å². The lowest BCUT2D eigenvalue weighted by Gasteiger charge is -2.00. The van der Waals surface area contributed by atoms with E-state index >= 15 is 0 Å². The van der Waals surface area contributed by atoms with Crippen LogP contribution in [0.4, 0.5) is 0 Å². The highest BCUT2D eigenvalue weighted by atomic mass is 32.2. The molecule has 0 amide bonds. The third-order valence-corrected chi connectivity index (χ3v) is 4.04. The average molecular weight is 220 g/mol. The second kappa shape index (κ2) is 6.98. The van der Waals surface area contributed by atoms with Gasteiger partial charge in [0.2, 0.25) is 0 Å². The predicted molar refractivity (Wildman–Crippen MR) is 58.1 cm³/mol. The number of hydrogen-bond acceptors (Lipinski definition) is 3. The van der Waals surface area contributed by atoms with Crippen LogP contribution in [0.5, 0.6) is 0 Å². The quantitative estimate of drug-likeness (QED) is 0.588. The van der Waals surface area contributed by atoms with Crippen molar-refractivity contribution in [2.75, 3.05) is 11.5 Å². The van der Waals surface area contributed by atoms with Gasteiger partial charge in [0.15, 0.2) is 0 Å². The summed E-state index contributed by atoms with van der Waals surface area (Å²) in [6.45, 7) is 3.51. The maximum Gasteiger partial charge on any atom is 0.150 e. The van der Waals surface area contributed by atoms with Gasteiger partial charge in [-0.1, -0.05) is 20.3 Å². The fourth-order valence-electron chi connectivity index (χ4n) is 1.14. The molecule has 0 heterocycles. The highest BCUT2D eigenvalue weighted by molar-refractivity contribution is 7.91. The van der Waals surface area contributed by atoms with Gasteiger partial charge in [0.1, 0.15) is 15.6 Å². The minimum absolute atomic E-state index is 0.223. The zero-order valence-electron chi connectivity index (χ0n) is 9.08. The van der Waals surface area contributed by atoms with E-state index in [2.05, 4.69) is 0 Å². The molecule has 0 aliphatic rings. The van der Waals surface area contributed by atoms with Gasteiger partial charge in [-0.25, -0.2) is 8.42 Å². The molecule has 0 aromatic rings. The highest BCUT2D eigenvalue weighted by Crippen LogP contribution is 2.04. The number of carbonyl (C=O) groups is 1. The predicted octanol–water partition coefficient (Wildman–Crippen LogP) is 1.96. The van der Waals surface area contributed by atoms with Crippen LogP contribution in [-0.2, 0) is 14.6 Å². The molecular weight excluding hydrogens is 200 g/mol. The monoisotopic (exact) mass is 220 g/mol. The van der Waals surface area contributed by atoms with Crippen LogP contribution in [0.2, 0.25) is 0 Å². The van der Waals surface area contributed by atoms with Crippen LogP contribution in [0.1, 0.15) is 46.0 Å². The summed E-state index contributed by atoms with van der Waals surface area (Å²) in [6.07, 6.45) is 3.54. The molecule has 0 aliphatic carbocycles. The van der Waals surface area contributed by atoms with Gasteiger partial charge >= 0.3 is 0 Å². The Morgan fingerprint density at radius 2 is 1.71 bits per heavy atom. The maximum absolute atomic E-state index is 11.1. The number of hydrogen-bond donors (Lipinski definition) is 0. The summed E-state index contributed by atoms with van der Waals surface area (Å²) < 4.78 is 22.2. The van der Waals surface area contributed by atoms with Gasteiger partial charge in [-0.05, 0) is 12.8 Å². The maximum atomic E-state index is 11.1. The van der Waals surface area contributed by atoms with Crippen LogP contribution >= 0.6 is 0 Å². The average Bonchev–Trinajstić information content (AvgIpc) is 2.17. The summed E-state index contributed by atoms with van der Waals surface area (Å²) in [4.78, 5) is 10.9. The molecule has 0 aromatic carbocycles. The molecule has 0 spiro atoms. The summed E-state index contributed by atoms with van der Waals surface area (Å²) >= 11 is 0. The van der Waals surface area contributed by atoms with E-state index in [4.69, 9.17) is 0 Å². The lowest BCUT2D eigenvalue weighted by Crippen LogP contribution is -2.08. The highest BCUT2D eigenvalue weighted by Gasteiger charge is 2.06. The van der Waals surface area contributed by atoms with Crippen molar-refractivity contribution in [3.05, 3.63) is 0 Å². The molecular formula is C10H20O3S. The van der Waals surface area contributed by atoms with Gasteiger partial charge in [-0.3, -0.25) is 4.79 Å². The van der Waals surface area contributed by atoms with Crippen LogP contribution in [0, 0.1) is 0 Å². The molecule has 0 rings (SSSR count). The van der Waals surface area contributed by atoms with Crippen LogP contribution < -0.4 is 0 Å². The topological polar surface area (TPSA) is 51.2 Å². The Balaban J connectivity index is 3.44. The molecule has 3 nitrogen and oxygen atoms in total. The summed E-state index contributed by atoms with van der Waals surface area (Å²) in [5.41, 5.74) is 0. The zero-order chi connectivity index (χ0) is 11.0. The molecule has 84 valence electrons.